The van der Waals surface area contributed by atoms with E-state index < -0.39 is 0 Å². The molecule has 2 aromatic rings. The fourth-order valence-corrected chi connectivity index (χ4v) is 0.774. The molecule has 4 nitrogen and oxygen atoms in total. The van der Waals surface area contributed by atoms with Crippen LogP contribution in [0.15, 0.2) is 31.0 Å². The summed E-state index contributed by atoms with van der Waals surface area (Å²) in [5.74, 6) is 0.751. The number of aromatic nitrogens is 4. The average Bonchev–Trinajstić information content (AvgIpc) is 2.58. The van der Waals surface area contributed by atoms with E-state index in [0.717, 1.165) is 5.82 Å². The molecule has 0 aromatic carbocycles. The van der Waals surface area contributed by atoms with Crippen LogP contribution in [0.5, 0.6) is 0 Å². The molecular formula is C7H5N4. The van der Waals surface area contributed by atoms with Crippen molar-refractivity contribution in [1.29, 1.82) is 0 Å². The van der Waals surface area contributed by atoms with Crippen molar-refractivity contribution in [2.75, 3.05) is 0 Å². The normalized spacial score (nSPS) is 9.82. The molecule has 0 N–H and O–H groups in total. The molecule has 53 valence electrons. The Balaban J connectivity index is 2.46. The van der Waals surface area contributed by atoms with E-state index in [-0.39, 0.29) is 0 Å². The summed E-state index contributed by atoms with van der Waals surface area (Å²) in [7, 11) is 0. The zero-order chi connectivity index (χ0) is 7.52. The summed E-state index contributed by atoms with van der Waals surface area (Å²) < 4.78 is 1.59. The summed E-state index contributed by atoms with van der Waals surface area (Å²) in [6.07, 6.45) is 4.66. The second kappa shape index (κ2) is 2.49. The Morgan fingerprint density at radius 1 is 1.45 bits per heavy atom. The van der Waals surface area contributed by atoms with Gasteiger partial charge in [0.1, 0.15) is 12.7 Å². The van der Waals surface area contributed by atoms with Crippen LogP contribution < -0.4 is 0 Å². The van der Waals surface area contributed by atoms with Gasteiger partial charge in [0.05, 0.1) is 0 Å². The Hall–Kier alpha value is -1.71. The number of hydrogen-bond acceptors (Lipinski definition) is 3. The number of pyridine rings is 1. The predicted molar refractivity (Wildman–Crippen MR) is 38.0 cm³/mol. The highest BCUT2D eigenvalue weighted by Gasteiger charge is 1.93. The molecule has 4 heteroatoms. The van der Waals surface area contributed by atoms with Crippen molar-refractivity contribution in [2.24, 2.45) is 0 Å². The van der Waals surface area contributed by atoms with E-state index in [0.29, 0.717) is 0 Å². The van der Waals surface area contributed by atoms with Gasteiger partial charge in [0.25, 0.3) is 0 Å². The summed E-state index contributed by atoms with van der Waals surface area (Å²) in [5, 5.41) is 3.92. The number of hydrogen-bond donors (Lipinski definition) is 0. The zero-order valence-electron chi connectivity index (χ0n) is 5.68. The van der Waals surface area contributed by atoms with Crippen LogP contribution in [0.3, 0.4) is 0 Å². The maximum Gasteiger partial charge on any atom is 0.155 e. The SMILES string of the molecule is [c]1ccc(-n2cncn2)nc1. The molecule has 0 fully saturated rings. The van der Waals surface area contributed by atoms with E-state index in [2.05, 4.69) is 21.1 Å². The van der Waals surface area contributed by atoms with Gasteiger partial charge in [-0.05, 0) is 12.1 Å². The molecule has 2 heterocycles. The molecule has 1 radical (unpaired) electrons. The lowest BCUT2D eigenvalue weighted by molar-refractivity contribution is 0.845. The average molecular weight is 145 g/mol. The highest BCUT2D eigenvalue weighted by atomic mass is 15.3. The molecule has 0 unspecified atom stereocenters. The Labute approximate surface area is 63.5 Å². The first kappa shape index (κ1) is 6.03. The van der Waals surface area contributed by atoms with E-state index in [1.165, 1.54) is 6.33 Å². The minimum atomic E-state index is 0.751. The predicted octanol–water partition coefficient (Wildman–Crippen LogP) is 0.462. The molecular weight excluding hydrogens is 140 g/mol. The highest BCUT2D eigenvalue weighted by Crippen LogP contribution is 1.96. The third-order valence-electron chi connectivity index (χ3n) is 1.25. The Bertz CT molecular complexity index is 313. The molecule has 0 aliphatic heterocycles. The van der Waals surface area contributed by atoms with Crippen LogP contribution in [-0.4, -0.2) is 19.7 Å². The maximum atomic E-state index is 4.03. The van der Waals surface area contributed by atoms with Gasteiger partial charge in [0.15, 0.2) is 5.82 Å². The van der Waals surface area contributed by atoms with Gasteiger partial charge in [0.2, 0.25) is 0 Å². The Kier molecular flexibility index (Phi) is 1.37. The van der Waals surface area contributed by atoms with Crippen molar-refractivity contribution >= 4 is 0 Å². The third kappa shape index (κ3) is 1.10. The van der Waals surface area contributed by atoms with Crippen LogP contribution in [0.1, 0.15) is 0 Å². The number of nitrogens with zero attached hydrogens (tertiary/aromatic N) is 4. The minimum Gasteiger partial charge on any atom is -0.236 e. The van der Waals surface area contributed by atoms with Gasteiger partial charge in [-0.15, -0.1) is 0 Å². The molecule has 0 bridgehead atoms. The van der Waals surface area contributed by atoms with Crippen molar-refractivity contribution in [1.82, 2.24) is 19.7 Å². The fourth-order valence-electron chi connectivity index (χ4n) is 0.774. The van der Waals surface area contributed by atoms with Gasteiger partial charge in [-0.25, -0.2) is 14.6 Å². The summed E-state index contributed by atoms with van der Waals surface area (Å²) in [5.41, 5.74) is 0. The monoisotopic (exact) mass is 145 g/mol. The van der Waals surface area contributed by atoms with Crippen molar-refractivity contribution in [3.05, 3.63) is 37.1 Å². The van der Waals surface area contributed by atoms with Crippen LogP contribution in [0, 0.1) is 6.07 Å². The topological polar surface area (TPSA) is 43.6 Å². The molecule has 0 saturated heterocycles. The van der Waals surface area contributed by atoms with E-state index in [9.17, 15) is 0 Å². The van der Waals surface area contributed by atoms with E-state index >= 15 is 0 Å². The second-order valence-electron chi connectivity index (χ2n) is 1.96. The van der Waals surface area contributed by atoms with E-state index in [1.807, 2.05) is 6.07 Å². The van der Waals surface area contributed by atoms with Crippen molar-refractivity contribution in [3.8, 4) is 5.82 Å². The lowest BCUT2D eigenvalue weighted by atomic mass is 10.5. The smallest absolute Gasteiger partial charge is 0.155 e. The Morgan fingerprint density at radius 3 is 3.09 bits per heavy atom. The van der Waals surface area contributed by atoms with Crippen LogP contribution in [0.2, 0.25) is 0 Å². The lowest BCUT2D eigenvalue weighted by Gasteiger charge is -1.94. The summed E-state index contributed by atoms with van der Waals surface area (Å²) in [6.45, 7) is 0. The van der Waals surface area contributed by atoms with Gasteiger partial charge < -0.3 is 0 Å². The molecule has 2 rings (SSSR count). The fraction of sp³-hybridized carbons (Fsp3) is 0. The summed E-state index contributed by atoms with van der Waals surface area (Å²) in [4.78, 5) is 7.83. The van der Waals surface area contributed by atoms with Gasteiger partial charge >= 0.3 is 0 Å². The van der Waals surface area contributed by atoms with Crippen molar-refractivity contribution in [3.63, 3.8) is 0 Å². The Morgan fingerprint density at radius 2 is 2.45 bits per heavy atom. The summed E-state index contributed by atoms with van der Waals surface area (Å²) >= 11 is 0. The van der Waals surface area contributed by atoms with Gasteiger partial charge in [-0.2, -0.15) is 5.10 Å². The number of rotatable bonds is 1. The van der Waals surface area contributed by atoms with Crippen molar-refractivity contribution < 1.29 is 0 Å². The second-order valence-corrected chi connectivity index (χ2v) is 1.96. The molecule has 0 spiro atoms. The van der Waals surface area contributed by atoms with Crippen LogP contribution >= 0.6 is 0 Å². The van der Waals surface area contributed by atoms with Gasteiger partial charge in [-0.1, -0.05) is 0 Å². The molecule has 0 aliphatic carbocycles. The largest absolute Gasteiger partial charge is 0.236 e. The molecule has 0 amide bonds. The standard InChI is InChI=1S/C7H5N4/c1-2-4-9-7(3-1)11-6-8-5-10-11/h1,3-6H. The molecule has 0 saturated carbocycles. The minimum absolute atomic E-state index is 0.751. The first-order valence-electron chi connectivity index (χ1n) is 3.14. The first-order chi connectivity index (χ1) is 5.47. The third-order valence-corrected chi connectivity index (χ3v) is 1.25. The maximum absolute atomic E-state index is 4.03. The summed E-state index contributed by atoms with van der Waals surface area (Å²) in [6, 6.07) is 6.42. The van der Waals surface area contributed by atoms with Gasteiger partial charge in [0, 0.05) is 12.3 Å². The van der Waals surface area contributed by atoms with Crippen LogP contribution in [0.25, 0.3) is 5.82 Å². The lowest BCUT2D eigenvalue weighted by Crippen LogP contribution is -1.95. The quantitative estimate of drug-likeness (QED) is 0.585. The van der Waals surface area contributed by atoms with Crippen molar-refractivity contribution in [2.45, 2.75) is 0 Å². The molecule has 2 aromatic heterocycles. The van der Waals surface area contributed by atoms with Crippen LogP contribution in [0.4, 0.5) is 0 Å². The van der Waals surface area contributed by atoms with Crippen LogP contribution in [-0.2, 0) is 0 Å². The zero-order valence-corrected chi connectivity index (χ0v) is 5.68. The van der Waals surface area contributed by atoms with E-state index in [1.54, 1.807) is 23.3 Å². The molecule has 0 aliphatic rings. The van der Waals surface area contributed by atoms with E-state index in [4.69, 9.17) is 0 Å². The first-order valence-corrected chi connectivity index (χ1v) is 3.14. The highest BCUT2D eigenvalue weighted by molar-refractivity contribution is 5.17. The molecule has 0 atom stereocenters. The molecule has 11 heavy (non-hydrogen) atoms. The van der Waals surface area contributed by atoms with Gasteiger partial charge in [-0.3, -0.25) is 0 Å².